The van der Waals surface area contributed by atoms with E-state index in [-0.39, 0.29) is 0 Å². The maximum Gasteiger partial charge on any atom is 0.0716 e. The summed E-state index contributed by atoms with van der Waals surface area (Å²) in [5, 5.41) is 4.21. The van der Waals surface area contributed by atoms with E-state index >= 15 is 0 Å². The lowest BCUT2D eigenvalue weighted by Crippen LogP contribution is -1.94. The third-order valence-corrected chi connectivity index (χ3v) is 2.78. The fraction of sp³-hybridized carbons (Fsp3) is 0.235. The zero-order valence-electron chi connectivity index (χ0n) is 11.8. The number of para-hydroxylation sites is 1. The Balaban J connectivity index is 1.84. The van der Waals surface area contributed by atoms with E-state index in [0.717, 1.165) is 24.3 Å². The van der Waals surface area contributed by atoms with Crippen LogP contribution >= 0.6 is 0 Å². The summed E-state index contributed by atoms with van der Waals surface area (Å²) >= 11 is 0. The van der Waals surface area contributed by atoms with Gasteiger partial charge in [-0.05, 0) is 29.7 Å². The molecule has 0 amide bonds. The lowest BCUT2D eigenvalue weighted by molar-refractivity contribution is 0.121. The van der Waals surface area contributed by atoms with E-state index in [1.807, 2.05) is 48.7 Å². The molecule has 0 aliphatic rings. The summed E-state index contributed by atoms with van der Waals surface area (Å²) in [6, 6.07) is 18.1. The first kappa shape index (κ1) is 14.3. The fourth-order valence-corrected chi connectivity index (χ4v) is 1.73. The van der Waals surface area contributed by atoms with Crippen LogP contribution in [0.1, 0.15) is 24.5 Å². The number of hydrogen-bond acceptors (Lipinski definition) is 3. The molecule has 0 spiro atoms. The molecule has 0 bridgehead atoms. The highest BCUT2D eigenvalue weighted by Gasteiger charge is 1.93. The van der Waals surface area contributed by atoms with Crippen molar-refractivity contribution in [3.05, 3.63) is 65.7 Å². The molecule has 0 heterocycles. The van der Waals surface area contributed by atoms with Gasteiger partial charge in [-0.2, -0.15) is 5.10 Å². The molecule has 0 aliphatic heterocycles. The van der Waals surface area contributed by atoms with Crippen molar-refractivity contribution in [1.29, 1.82) is 0 Å². The zero-order chi connectivity index (χ0) is 14.0. The molecule has 0 radical (unpaired) electrons. The summed E-state index contributed by atoms with van der Waals surface area (Å²) in [7, 11) is 0. The molecule has 3 heteroatoms. The number of rotatable bonds is 7. The van der Waals surface area contributed by atoms with Crippen molar-refractivity contribution >= 4 is 11.9 Å². The van der Waals surface area contributed by atoms with Crippen molar-refractivity contribution in [3.8, 4) is 0 Å². The van der Waals surface area contributed by atoms with Gasteiger partial charge in [0.15, 0.2) is 0 Å². The van der Waals surface area contributed by atoms with Crippen LogP contribution in [0.4, 0.5) is 5.69 Å². The second kappa shape index (κ2) is 8.12. The summed E-state index contributed by atoms with van der Waals surface area (Å²) in [4.78, 5) is 0. The number of anilines is 1. The maximum absolute atomic E-state index is 5.50. The molecular formula is C17H20N2O. The van der Waals surface area contributed by atoms with Crippen molar-refractivity contribution in [2.24, 2.45) is 5.10 Å². The predicted molar refractivity (Wildman–Crippen MR) is 84.0 cm³/mol. The van der Waals surface area contributed by atoms with Crippen molar-refractivity contribution in [1.82, 2.24) is 0 Å². The van der Waals surface area contributed by atoms with Crippen molar-refractivity contribution in [3.63, 3.8) is 0 Å². The molecule has 0 fully saturated rings. The Morgan fingerprint density at radius 3 is 2.50 bits per heavy atom. The van der Waals surface area contributed by atoms with Crippen LogP contribution in [0.2, 0.25) is 0 Å². The minimum atomic E-state index is 0.674. The Bertz CT molecular complexity index is 520. The molecular weight excluding hydrogens is 248 g/mol. The largest absolute Gasteiger partial charge is 0.377 e. The molecule has 0 saturated heterocycles. The number of nitrogens with zero attached hydrogens (tertiary/aromatic N) is 1. The Morgan fingerprint density at radius 1 is 1.05 bits per heavy atom. The first-order valence-corrected chi connectivity index (χ1v) is 6.89. The van der Waals surface area contributed by atoms with Gasteiger partial charge in [-0.25, -0.2) is 0 Å². The minimum Gasteiger partial charge on any atom is -0.377 e. The number of benzene rings is 2. The first-order valence-electron chi connectivity index (χ1n) is 6.89. The highest BCUT2D eigenvalue weighted by Crippen LogP contribution is 2.06. The molecule has 104 valence electrons. The number of hydrazone groups is 1. The van der Waals surface area contributed by atoms with Gasteiger partial charge in [0.2, 0.25) is 0 Å². The summed E-state index contributed by atoms with van der Waals surface area (Å²) in [6.07, 6.45) is 2.86. The lowest BCUT2D eigenvalue weighted by Gasteiger charge is -2.03. The Morgan fingerprint density at radius 2 is 1.80 bits per heavy atom. The maximum atomic E-state index is 5.50. The van der Waals surface area contributed by atoms with Crippen LogP contribution in [0.5, 0.6) is 0 Å². The van der Waals surface area contributed by atoms with Gasteiger partial charge in [-0.15, -0.1) is 0 Å². The Kier molecular flexibility index (Phi) is 5.80. The van der Waals surface area contributed by atoms with Gasteiger partial charge in [-0.3, -0.25) is 5.43 Å². The average Bonchev–Trinajstić information content (AvgIpc) is 2.50. The van der Waals surface area contributed by atoms with E-state index in [1.165, 1.54) is 5.56 Å². The van der Waals surface area contributed by atoms with Gasteiger partial charge in [0.05, 0.1) is 18.5 Å². The van der Waals surface area contributed by atoms with Gasteiger partial charge in [0, 0.05) is 6.61 Å². The van der Waals surface area contributed by atoms with E-state index in [2.05, 4.69) is 29.6 Å². The molecule has 20 heavy (non-hydrogen) atoms. The van der Waals surface area contributed by atoms with E-state index in [0.29, 0.717) is 6.61 Å². The van der Waals surface area contributed by atoms with E-state index < -0.39 is 0 Å². The molecule has 0 atom stereocenters. The van der Waals surface area contributed by atoms with Crippen molar-refractivity contribution < 1.29 is 4.74 Å². The monoisotopic (exact) mass is 268 g/mol. The fourth-order valence-electron chi connectivity index (χ4n) is 1.73. The van der Waals surface area contributed by atoms with Crippen molar-refractivity contribution in [2.45, 2.75) is 20.0 Å². The standard InChI is InChI=1S/C17H20N2O/c1-2-12-20-14-16-10-8-15(9-11-16)13-18-19-17-6-4-3-5-7-17/h3-11,13,19H,2,12,14H2,1H3. The molecule has 3 nitrogen and oxygen atoms in total. The van der Waals surface area contributed by atoms with Crippen LogP contribution in [0.15, 0.2) is 59.7 Å². The summed E-state index contributed by atoms with van der Waals surface area (Å²) in [6.45, 7) is 3.59. The molecule has 0 aliphatic carbocycles. The smallest absolute Gasteiger partial charge is 0.0716 e. The van der Waals surface area contributed by atoms with Gasteiger partial charge in [-0.1, -0.05) is 49.4 Å². The molecule has 0 saturated carbocycles. The van der Waals surface area contributed by atoms with Gasteiger partial charge in [0.1, 0.15) is 0 Å². The minimum absolute atomic E-state index is 0.674. The van der Waals surface area contributed by atoms with Crippen LogP contribution in [0.25, 0.3) is 0 Å². The average molecular weight is 268 g/mol. The number of nitrogens with one attached hydrogen (secondary N) is 1. The lowest BCUT2D eigenvalue weighted by atomic mass is 10.1. The molecule has 0 unspecified atom stereocenters. The van der Waals surface area contributed by atoms with Gasteiger partial charge < -0.3 is 4.74 Å². The normalized spacial score (nSPS) is 10.8. The van der Waals surface area contributed by atoms with Crippen LogP contribution in [0, 0.1) is 0 Å². The quantitative estimate of drug-likeness (QED) is 0.467. The second-order valence-corrected chi connectivity index (χ2v) is 4.53. The Labute approximate surface area is 120 Å². The van der Waals surface area contributed by atoms with E-state index in [1.54, 1.807) is 0 Å². The molecule has 2 rings (SSSR count). The van der Waals surface area contributed by atoms with Crippen molar-refractivity contribution in [2.75, 3.05) is 12.0 Å². The summed E-state index contributed by atoms with van der Waals surface area (Å²) < 4.78 is 5.50. The molecule has 2 aromatic carbocycles. The molecule has 0 aromatic heterocycles. The van der Waals surface area contributed by atoms with Crippen LogP contribution in [-0.4, -0.2) is 12.8 Å². The number of hydrogen-bond donors (Lipinski definition) is 1. The highest BCUT2D eigenvalue weighted by atomic mass is 16.5. The van der Waals surface area contributed by atoms with E-state index in [9.17, 15) is 0 Å². The first-order chi connectivity index (χ1) is 9.88. The summed E-state index contributed by atoms with van der Waals surface area (Å²) in [5.41, 5.74) is 6.22. The predicted octanol–water partition coefficient (Wildman–Crippen LogP) is 4.06. The zero-order valence-corrected chi connectivity index (χ0v) is 11.8. The second-order valence-electron chi connectivity index (χ2n) is 4.53. The van der Waals surface area contributed by atoms with Gasteiger partial charge in [0.25, 0.3) is 0 Å². The Hall–Kier alpha value is -2.13. The topological polar surface area (TPSA) is 33.6 Å². The van der Waals surface area contributed by atoms with Gasteiger partial charge >= 0.3 is 0 Å². The van der Waals surface area contributed by atoms with E-state index in [4.69, 9.17) is 4.74 Å². The SMILES string of the molecule is CCCOCc1ccc(C=NNc2ccccc2)cc1. The molecule has 2 aromatic rings. The van der Waals surface area contributed by atoms with Crippen LogP contribution in [0.3, 0.4) is 0 Å². The summed E-state index contributed by atoms with van der Waals surface area (Å²) in [5.74, 6) is 0. The highest BCUT2D eigenvalue weighted by molar-refractivity contribution is 5.80. The van der Waals surface area contributed by atoms with Crippen LogP contribution < -0.4 is 5.43 Å². The third kappa shape index (κ3) is 4.86. The third-order valence-electron chi connectivity index (χ3n) is 2.78. The van der Waals surface area contributed by atoms with Crippen LogP contribution in [-0.2, 0) is 11.3 Å². The molecule has 1 N–H and O–H groups in total. The number of ether oxygens (including phenoxy) is 1.